The smallest absolute Gasteiger partial charge is 0.108 e. The molecule has 0 aliphatic carbocycles. The van der Waals surface area contributed by atoms with E-state index in [-0.39, 0.29) is 0 Å². The van der Waals surface area contributed by atoms with Gasteiger partial charge in [0.15, 0.2) is 0 Å². The highest BCUT2D eigenvalue weighted by molar-refractivity contribution is 4.75. The lowest BCUT2D eigenvalue weighted by Gasteiger charge is -2.21. The van der Waals surface area contributed by atoms with Gasteiger partial charge in [0.05, 0.1) is 12.2 Å². The van der Waals surface area contributed by atoms with E-state index in [0.29, 0.717) is 0 Å². The van der Waals surface area contributed by atoms with E-state index in [1.165, 1.54) is 13.8 Å². The standard InChI is InChI=1S/C6H14O4/c1-3(7)5(9)6(10)4(2)8/h3-10H,1-2H3/t3-,4-,5-,6+/m0/s1. The Balaban J connectivity index is 3.81. The number of aliphatic hydroxyl groups excluding tert-OH is 4. The molecule has 0 aliphatic rings. The van der Waals surface area contributed by atoms with Crippen molar-refractivity contribution in [2.45, 2.75) is 38.3 Å². The molecule has 0 heterocycles. The topological polar surface area (TPSA) is 80.9 Å². The molecule has 0 aliphatic heterocycles. The Kier molecular flexibility index (Phi) is 3.81. The van der Waals surface area contributed by atoms with Crippen LogP contribution < -0.4 is 0 Å². The zero-order valence-electron chi connectivity index (χ0n) is 6.10. The Bertz CT molecular complexity index is 79.7. The lowest BCUT2D eigenvalue weighted by Crippen LogP contribution is -2.41. The molecule has 0 bridgehead atoms. The molecule has 62 valence electrons. The van der Waals surface area contributed by atoms with Crippen molar-refractivity contribution in [1.29, 1.82) is 0 Å². The molecule has 0 spiro atoms. The fourth-order valence-electron chi connectivity index (χ4n) is 0.571. The van der Waals surface area contributed by atoms with Gasteiger partial charge in [0.25, 0.3) is 0 Å². The molecule has 10 heavy (non-hydrogen) atoms. The quantitative estimate of drug-likeness (QED) is 0.393. The van der Waals surface area contributed by atoms with Crippen molar-refractivity contribution < 1.29 is 20.4 Å². The summed E-state index contributed by atoms with van der Waals surface area (Å²) in [6.45, 7) is 2.69. The Morgan fingerprint density at radius 1 is 0.700 bits per heavy atom. The van der Waals surface area contributed by atoms with Crippen molar-refractivity contribution in [2.75, 3.05) is 0 Å². The highest BCUT2D eigenvalue weighted by atomic mass is 16.4. The largest absolute Gasteiger partial charge is 0.391 e. The monoisotopic (exact) mass is 150 g/mol. The molecule has 0 fully saturated rings. The van der Waals surface area contributed by atoms with E-state index in [1.54, 1.807) is 0 Å². The Hall–Kier alpha value is -0.160. The van der Waals surface area contributed by atoms with Crippen molar-refractivity contribution in [3.05, 3.63) is 0 Å². The summed E-state index contributed by atoms with van der Waals surface area (Å²) in [6.07, 6.45) is -4.60. The fourth-order valence-corrected chi connectivity index (χ4v) is 0.571. The summed E-state index contributed by atoms with van der Waals surface area (Å²) in [5.74, 6) is 0. The van der Waals surface area contributed by atoms with Crippen LogP contribution in [0, 0.1) is 0 Å². The van der Waals surface area contributed by atoms with Gasteiger partial charge in [-0.05, 0) is 13.8 Å². The zero-order valence-corrected chi connectivity index (χ0v) is 6.10. The Morgan fingerprint density at radius 3 is 1.00 bits per heavy atom. The van der Waals surface area contributed by atoms with Crippen LogP contribution in [0.25, 0.3) is 0 Å². The summed E-state index contributed by atoms with van der Waals surface area (Å²) in [4.78, 5) is 0. The highest BCUT2D eigenvalue weighted by Crippen LogP contribution is 2.03. The third kappa shape index (κ3) is 2.62. The first-order valence-corrected chi connectivity index (χ1v) is 3.19. The maximum absolute atomic E-state index is 8.91. The van der Waals surface area contributed by atoms with E-state index >= 15 is 0 Å². The van der Waals surface area contributed by atoms with Gasteiger partial charge in [0.2, 0.25) is 0 Å². The van der Waals surface area contributed by atoms with Gasteiger partial charge in [-0.2, -0.15) is 0 Å². The maximum Gasteiger partial charge on any atom is 0.108 e. The van der Waals surface area contributed by atoms with Crippen LogP contribution in [0.15, 0.2) is 0 Å². The fraction of sp³-hybridized carbons (Fsp3) is 1.00. The first kappa shape index (κ1) is 9.84. The predicted molar refractivity (Wildman–Crippen MR) is 35.4 cm³/mol. The minimum absolute atomic E-state index is 1.02. The normalized spacial score (nSPS) is 23.4. The molecular weight excluding hydrogens is 136 g/mol. The van der Waals surface area contributed by atoms with Crippen molar-refractivity contribution >= 4 is 0 Å². The van der Waals surface area contributed by atoms with Crippen molar-refractivity contribution in [1.82, 2.24) is 0 Å². The van der Waals surface area contributed by atoms with Crippen molar-refractivity contribution in [3.8, 4) is 0 Å². The van der Waals surface area contributed by atoms with E-state index in [4.69, 9.17) is 20.4 Å². The van der Waals surface area contributed by atoms with Crippen LogP contribution >= 0.6 is 0 Å². The molecule has 0 saturated heterocycles. The van der Waals surface area contributed by atoms with Gasteiger partial charge in [0, 0.05) is 0 Å². The molecule has 0 aromatic rings. The molecule has 4 N–H and O–H groups in total. The summed E-state index contributed by atoms with van der Waals surface area (Å²) < 4.78 is 0. The molecule has 0 rings (SSSR count). The van der Waals surface area contributed by atoms with Crippen LogP contribution in [-0.4, -0.2) is 44.8 Å². The summed E-state index contributed by atoms with van der Waals surface area (Å²) in [6, 6.07) is 0. The van der Waals surface area contributed by atoms with Crippen LogP contribution in [-0.2, 0) is 0 Å². The third-order valence-corrected chi connectivity index (χ3v) is 1.34. The van der Waals surface area contributed by atoms with Gasteiger partial charge < -0.3 is 20.4 Å². The van der Waals surface area contributed by atoms with Gasteiger partial charge in [-0.15, -0.1) is 0 Å². The molecule has 4 nitrogen and oxygen atoms in total. The van der Waals surface area contributed by atoms with E-state index in [1.807, 2.05) is 0 Å². The molecule has 0 aromatic heterocycles. The molecule has 0 amide bonds. The minimum atomic E-state index is -1.28. The Labute approximate surface area is 59.7 Å². The average Bonchev–Trinajstić information content (AvgIpc) is 1.84. The molecule has 0 aromatic carbocycles. The highest BCUT2D eigenvalue weighted by Gasteiger charge is 2.24. The van der Waals surface area contributed by atoms with E-state index in [2.05, 4.69) is 0 Å². The van der Waals surface area contributed by atoms with Crippen LogP contribution in [0.4, 0.5) is 0 Å². The lowest BCUT2D eigenvalue weighted by molar-refractivity contribution is -0.0947. The number of rotatable bonds is 3. The average molecular weight is 150 g/mol. The van der Waals surface area contributed by atoms with Crippen molar-refractivity contribution in [2.24, 2.45) is 0 Å². The second-order valence-corrected chi connectivity index (χ2v) is 2.46. The zero-order chi connectivity index (χ0) is 8.31. The number of hydrogen-bond donors (Lipinski definition) is 4. The second-order valence-electron chi connectivity index (χ2n) is 2.46. The summed E-state index contributed by atoms with van der Waals surface area (Å²) >= 11 is 0. The van der Waals surface area contributed by atoms with Gasteiger partial charge in [-0.3, -0.25) is 0 Å². The summed E-state index contributed by atoms with van der Waals surface area (Å²) in [5, 5.41) is 35.2. The van der Waals surface area contributed by atoms with Crippen LogP contribution in [0.2, 0.25) is 0 Å². The minimum Gasteiger partial charge on any atom is -0.391 e. The van der Waals surface area contributed by atoms with E-state index < -0.39 is 24.4 Å². The molecule has 0 unspecified atom stereocenters. The van der Waals surface area contributed by atoms with Crippen molar-refractivity contribution in [3.63, 3.8) is 0 Å². The SMILES string of the molecule is C[C@H](O)[C@H](O)[C@H](O)[C@H](C)O. The maximum atomic E-state index is 8.91. The molecule has 0 saturated carbocycles. The predicted octanol–water partition coefficient (Wildman–Crippen LogP) is -1.53. The van der Waals surface area contributed by atoms with Gasteiger partial charge in [0.1, 0.15) is 12.2 Å². The van der Waals surface area contributed by atoms with Gasteiger partial charge in [-0.1, -0.05) is 0 Å². The van der Waals surface area contributed by atoms with E-state index in [9.17, 15) is 0 Å². The van der Waals surface area contributed by atoms with E-state index in [0.717, 1.165) is 0 Å². The van der Waals surface area contributed by atoms with Crippen LogP contribution in [0.1, 0.15) is 13.8 Å². The van der Waals surface area contributed by atoms with Crippen LogP contribution in [0.3, 0.4) is 0 Å². The molecule has 4 atom stereocenters. The lowest BCUT2D eigenvalue weighted by atomic mass is 10.1. The second kappa shape index (κ2) is 3.88. The van der Waals surface area contributed by atoms with Gasteiger partial charge in [-0.25, -0.2) is 0 Å². The first-order chi connectivity index (χ1) is 4.46. The number of aliphatic hydroxyl groups is 4. The third-order valence-electron chi connectivity index (χ3n) is 1.34. The molecule has 4 heteroatoms. The number of hydrogen-bond acceptors (Lipinski definition) is 4. The Morgan fingerprint density at radius 2 is 0.900 bits per heavy atom. The van der Waals surface area contributed by atoms with Gasteiger partial charge >= 0.3 is 0 Å². The molecular formula is C6H14O4. The first-order valence-electron chi connectivity index (χ1n) is 3.19. The molecule has 0 radical (unpaired) electrons. The van der Waals surface area contributed by atoms with Crippen LogP contribution in [0.5, 0.6) is 0 Å². The summed E-state index contributed by atoms with van der Waals surface area (Å²) in [5.41, 5.74) is 0. The summed E-state index contributed by atoms with van der Waals surface area (Å²) in [7, 11) is 0.